The molecule has 0 saturated carbocycles. The molecule has 0 aliphatic heterocycles. The van der Waals surface area contributed by atoms with E-state index in [-0.39, 0.29) is 32.5 Å². The van der Waals surface area contributed by atoms with Gasteiger partial charge in [-0.1, -0.05) is 6.08 Å². The second-order valence-corrected chi connectivity index (χ2v) is 1.81. The zero-order valence-electron chi connectivity index (χ0n) is 6.95. The van der Waals surface area contributed by atoms with Crippen LogP contribution in [0.15, 0.2) is 12.2 Å². The van der Waals surface area contributed by atoms with Crippen LogP contribution in [0.3, 0.4) is 0 Å². The molecule has 1 N–H and O–H groups in total. The summed E-state index contributed by atoms with van der Waals surface area (Å²) in [5.74, 6) is -1.48. The van der Waals surface area contributed by atoms with Crippen LogP contribution in [0, 0.1) is 0 Å². The van der Waals surface area contributed by atoms with Crippen molar-refractivity contribution in [1.82, 2.24) is 0 Å². The summed E-state index contributed by atoms with van der Waals surface area (Å²) < 4.78 is 4.49. The molecule has 0 aliphatic carbocycles. The maximum absolute atomic E-state index is 10.5. The Morgan fingerprint density at radius 1 is 1.50 bits per heavy atom. The van der Waals surface area contributed by atoms with Crippen LogP contribution in [-0.2, 0) is 33.8 Å². The van der Waals surface area contributed by atoms with Gasteiger partial charge in [-0.3, -0.25) is 4.79 Å². The Hall–Kier alpha value is -0.697. The number of rotatable bonds is 4. The Morgan fingerprint density at radius 3 is 2.50 bits per heavy atom. The van der Waals surface area contributed by atoms with Crippen LogP contribution in [0.2, 0.25) is 0 Å². The first kappa shape index (κ1) is 13.9. The monoisotopic (exact) mass is 222 g/mol. The van der Waals surface area contributed by atoms with Crippen LogP contribution in [0.5, 0.6) is 0 Å². The van der Waals surface area contributed by atoms with Gasteiger partial charge in [0.05, 0.1) is 6.42 Å². The van der Waals surface area contributed by atoms with Crippen molar-refractivity contribution in [2.75, 3.05) is 6.61 Å². The molecule has 0 bridgehead atoms. The molecule has 0 unspecified atom stereocenters. The van der Waals surface area contributed by atoms with E-state index in [1.54, 1.807) is 6.92 Å². The normalized spacial score (nSPS) is 9.08. The molecule has 0 heterocycles. The number of carboxylic acid groups (broad SMARTS) is 1. The standard InChI is InChI=1S/C7H10O4.Zn/c1-2-3-7(10)11-5-4-6(8)9;/h2-3H,4-5H2,1H3,(H,8,9);. The summed E-state index contributed by atoms with van der Waals surface area (Å²) in [5.41, 5.74) is 0. The molecule has 0 atom stereocenters. The summed E-state index contributed by atoms with van der Waals surface area (Å²) in [6.07, 6.45) is 2.62. The largest absolute Gasteiger partial charge is 0.481 e. The third kappa shape index (κ3) is 9.30. The minimum atomic E-state index is -0.974. The fraction of sp³-hybridized carbons (Fsp3) is 0.429. The third-order valence-corrected chi connectivity index (χ3v) is 0.863. The SMILES string of the molecule is CC=CC(=O)OCCC(=O)O.[Zn]. The van der Waals surface area contributed by atoms with Gasteiger partial charge in [0, 0.05) is 25.6 Å². The van der Waals surface area contributed by atoms with Gasteiger partial charge in [0.25, 0.3) is 0 Å². The fourth-order valence-electron chi connectivity index (χ4n) is 0.423. The van der Waals surface area contributed by atoms with Crippen molar-refractivity contribution in [3.63, 3.8) is 0 Å². The fourth-order valence-corrected chi connectivity index (χ4v) is 0.423. The second-order valence-electron chi connectivity index (χ2n) is 1.81. The molecule has 0 aromatic heterocycles. The van der Waals surface area contributed by atoms with Crippen molar-refractivity contribution < 1.29 is 38.9 Å². The molecule has 12 heavy (non-hydrogen) atoms. The Labute approximate surface area is 83.4 Å². The zero-order valence-corrected chi connectivity index (χ0v) is 9.92. The average molecular weight is 224 g/mol. The van der Waals surface area contributed by atoms with E-state index in [0.717, 1.165) is 0 Å². The predicted molar refractivity (Wildman–Crippen MR) is 38.0 cm³/mol. The quantitative estimate of drug-likeness (QED) is 0.430. The Balaban J connectivity index is 0. The molecular formula is C7H10O4Zn. The Morgan fingerprint density at radius 2 is 2.08 bits per heavy atom. The Kier molecular flexibility index (Phi) is 9.71. The maximum atomic E-state index is 10.5. The summed E-state index contributed by atoms with van der Waals surface area (Å²) in [5, 5.41) is 8.15. The van der Waals surface area contributed by atoms with Crippen molar-refractivity contribution in [2.24, 2.45) is 0 Å². The number of aliphatic carboxylic acids is 1. The van der Waals surface area contributed by atoms with Gasteiger partial charge in [-0.25, -0.2) is 4.79 Å². The van der Waals surface area contributed by atoms with E-state index in [0.29, 0.717) is 0 Å². The van der Waals surface area contributed by atoms with E-state index in [2.05, 4.69) is 4.74 Å². The van der Waals surface area contributed by atoms with E-state index in [9.17, 15) is 9.59 Å². The van der Waals surface area contributed by atoms with Gasteiger partial charge >= 0.3 is 11.9 Å². The molecule has 0 rings (SSSR count). The molecule has 0 fully saturated rings. The molecule has 0 aromatic rings. The van der Waals surface area contributed by atoms with Gasteiger partial charge in [0.15, 0.2) is 0 Å². The average Bonchev–Trinajstić information content (AvgIpc) is 1.87. The van der Waals surface area contributed by atoms with Crippen LogP contribution in [-0.4, -0.2) is 23.7 Å². The molecule has 5 heteroatoms. The van der Waals surface area contributed by atoms with Crippen molar-refractivity contribution in [3.8, 4) is 0 Å². The minimum Gasteiger partial charge on any atom is -0.481 e. The molecular weight excluding hydrogens is 213 g/mol. The summed E-state index contributed by atoms with van der Waals surface area (Å²) in [6, 6.07) is 0. The van der Waals surface area contributed by atoms with Crippen LogP contribution in [0.4, 0.5) is 0 Å². The smallest absolute Gasteiger partial charge is 0.330 e. The van der Waals surface area contributed by atoms with Crippen LogP contribution in [0.25, 0.3) is 0 Å². The number of carbonyl (C=O) groups excluding carboxylic acids is 1. The number of carboxylic acids is 1. The molecule has 0 saturated heterocycles. The van der Waals surface area contributed by atoms with Gasteiger partial charge in [-0.05, 0) is 6.92 Å². The number of hydrogen-bond acceptors (Lipinski definition) is 3. The van der Waals surface area contributed by atoms with Crippen molar-refractivity contribution in [1.29, 1.82) is 0 Å². The summed E-state index contributed by atoms with van der Waals surface area (Å²) in [7, 11) is 0. The Bertz CT molecular complexity index is 176. The second kappa shape index (κ2) is 8.40. The van der Waals surface area contributed by atoms with Crippen LogP contribution < -0.4 is 0 Å². The zero-order chi connectivity index (χ0) is 8.69. The van der Waals surface area contributed by atoms with E-state index in [1.165, 1.54) is 12.2 Å². The number of ether oxygens (including phenoxy) is 1. The van der Waals surface area contributed by atoms with Gasteiger partial charge < -0.3 is 9.84 Å². The van der Waals surface area contributed by atoms with Crippen molar-refractivity contribution >= 4 is 11.9 Å². The summed E-state index contributed by atoms with van der Waals surface area (Å²) in [6.45, 7) is 1.61. The van der Waals surface area contributed by atoms with E-state index < -0.39 is 11.9 Å². The first-order chi connectivity index (χ1) is 5.16. The maximum Gasteiger partial charge on any atom is 0.330 e. The molecule has 0 amide bonds. The van der Waals surface area contributed by atoms with E-state index >= 15 is 0 Å². The minimum absolute atomic E-state index is 0. The van der Waals surface area contributed by atoms with Gasteiger partial charge in [-0.15, -0.1) is 0 Å². The molecule has 0 aliphatic rings. The van der Waals surface area contributed by atoms with Gasteiger partial charge in [0.2, 0.25) is 0 Å². The number of hydrogen-bond donors (Lipinski definition) is 1. The number of carbonyl (C=O) groups is 2. The van der Waals surface area contributed by atoms with Crippen LogP contribution in [0.1, 0.15) is 13.3 Å². The van der Waals surface area contributed by atoms with Crippen molar-refractivity contribution in [3.05, 3.63) is 12.2 Å². The van der Waals surface area contributed by atoms with Gasteiger partial charge in [0.1, 0.15) is 6.61 Å². The molecule has 64 valence electrons. The topological polar surface area (TPSA) is 63.6 Å². The van der Waals surface area contributed by atoms with Gasteiger partial charge in [-0.2, -0.15) is 0 Å². The summed E-state index contributed by atoms with van der Waals surface area (Å²) >= 11 is 0. The first-order valence-corrected chi connectivity index (χ1v) is 3.18. The number of allylic oxidation sites excluding steroid dienone is 1. The molecule has 4 nitrogen and oxygen atoms in total. The molecule has 0 spiro atoms. The number of esters is 1. The van der Waals surface area contributed by atoms with Crippen molar-refractivity contribution in [2.45, 2.75) is 13.3 Å². The summed E-state index contributed by atoms with van der Waals surface area (Å²) in [4.78, 5) is 20.5. The van der Waals surface area contributed by atoms with E-state index in [4.69, 9.17) is 5.11 Å². The van der Waals surface area contributed by atoms with Crippen LogP contribution >= 0.6 is 0 Å². The predicted octanol–water partition coefficient (Wildman–Crippen LogP) is 0.578. The van der Waals surface area contributed by atoms with E-state index in [1.807, 2.05) is 0 Å². The third-order valence-electron chi connectivity index (χ3n) is 0.863. The molecule has 0 radical (unpaired) electrons. The molecule has 0 aromatic carbocycles. The first-order valence-electron chi connectivity index (χ1n) is 3.18.